The quantitative estimate of drug-likeness (QED) is 0.300. The monoisotopic (exact) mass is 490 g/mol. The van der Waals surface area contributed by atoms with Crippen molar-refractivity contribution in [1.29, 1.82) is 0 Å². The van der Waals surface area contributed by atoms with Crippen molar-refractivity contribution in [2.24, 2.45) is 11.7 Å². The normalized spacial score (nSPS) is 13.2. The van der Waals surface area contributed by atoms with Crippen LogP contribution in [0.3, 0.4) is 0 Å². The first kappa shape index (κ1) is 26.5. The van der Waals surface area contributed by atoms with Gasteiger partial charge in [-0.05, 0) is 29.0 Å². The Morgan fingerprint density at radius 3 is 1.66 bits per heavy atom. The summed E-state index contributed by atoms with van der Waals surface area (Å²) in [4.78, 5) is 25.2. The van der Waals surface area contributed by atoms with Crippen molar-refractivity contribution in [3.63, 3.8) is 0 Å². The lowest BCUT2D eigenvalue weighted by Crippen LogP contribution is -2.50. The van der Waals surface area contributed by atoms with E-state index in [1.165, 1.54) is 7.11 Å². The first-order valence-corrected chi connectivity index (χ1v) is 12.8. The molecule has 35 heavy (non-hydrogen) atoms. The summed E-state index contributed by atoms with van der Waals surface area (Å²) in [7, 11) is 1.32. The molecule has 0 aliphatic heterocycles. The van der Waals surface area contributed by atoms with E-state index in [0.29, 0.717) is 12.2 Å². The third kappa shape index (κ3) is 6.53. The molecular formula is C29H34N2O3S. The number of rotatable bonds is 11. The van der Waals surface area contributed by atoms with Crippen LogP contribution in [0.1, 0.15) is 37.0 Å². The largest absolute Gasteiger partial charge is 0.467 e. The van der Waals surface area contributed by atoms with Crippen LogP contribution < -0.4 is 11.1 Å². The number of carbonyl (C=O) groups excluding carboxylic acids is 2. The van der Waals surface area contributed by atoms with Crippen molar-refractivity contribution in [3.05, 3.63) is 108 Å². The van der Waals surface area contributed by atoms with Gasteiger partial charge in [0.1, 0.15) is 6.04 Å². The van der Waals surface area contributed by atoms with Gasteiger partial charge >= 0.3 is 5.97 Å². The van der Waals surface area contributed by atoms with E-state index in [2.05, 4.69) is 41.7 Å². The molecule has 184 valence electrons. The molecule has 3 rings (SSSR count). The molecule has 2 atom stereocenters. The molecular weight excluding hydrogens is 456 g/mol. The fraction of sp³-hybridized carbons (Fsp3) is 0.310. The third-order valence-electron chi connectivity index (χ3n) is 5.87. The molecule has 1 amide bonds. The predicted molar refractivity (Wildman–Crippen MR) is 143 cm³/mol. The number of esters is 1. The number of benzene rings is 3. The van der Waals surface area contributed by atoms with Crippen LogP contribution in [-0.2, 0) is 19.1 Å². The first-order valence-electron chi connectivity index (χ1n) is 11.8. The van der Waals surface area contributed by atoms with Crippen LogP contribution in [-0.4, -0.2) is 36.8 Å². The predicted octanol–water partition coefficient (Wildman–Crippen LogP) is 4.74. The maximum absolute atomic E-state index is 13.0. The molecule has 3 N–H and O–H groups in total. The van der Waals surface area contributed by atoms with Crippen molar-refractivity contribution >= 4 is 23.6 Å². The zero-order chi connectivity index (χ0) is 25.3. The lowest BCUT2D eigenvalue weighted by atomic mass is 9.84. The van der Waals surface area contributed by atoms with Crippen LogP contribution in [0.5, 0.6) is 0 Å². The average Bonchev–Trinajstić information content (AvgIpc) is 2.89. The summed E-state index contributed by atoms with van der Waals surface area (Å²) in [6.07, 6.45) is 0.486. The molecule has 6 heteroatoms. The van der Waals surface area contributed by atoms with Gasteiger partial charge in [0.15, 0.2) is 0 Å². The molecule has 0 spiro atoms. The molecule has 5 nitrogen and oxygen atoms in total. The van der Waals surface area contributed by atoms with Crippen molar-refractivity contribution in [2.75, 3.05) is 12.9 Å². The molecule has 0 radical (unpaired) electrons. The highest BCUT2D eigenvalue weighted by Crippen LogP contribution is 2.48. The first-order chi connectivity index (χ1) is 16.9. The Morgan fingerprint density at radius 1 is 0.857 bits per heavy atom. The van der Waals surface area contributed by atoms with Gasteiger partial charge in [-0.1, -0.05) is 105 Å². The zero-order valence-electron chi connectivity index (χ0n) is 20.5. The summed E-state index contributed by atoms with van der Waals surface area (Å²) in [5, 5.41) is 2.80. The van der Waals surface area contributed by atoms with Crippen LogP contribution in [0.25, 0.3) is 0 Å². The van der Waals surface area contributed by atoms with Gasteiger partial charge in [-0.2, -0.15) is 0 Å². The second-order valence-electron chi connectivity index (χ2n) is 8.91. The summed E-state index contributed by atoms with van der Waals surface area (Å²) in [6.45, 7) is 3.98. The highest BCUT2D eigenvalue weighted by molar-refractivity contribution is 8.00. The molecule has 3 aromatic rings. The minimum absolute atomic E-state index is 0.215. The molecule has 0 aliphatic carbocycles. The standard InChI is InChI=1S/C29H34N2O3S/c1-21(2)19-26(28(33)34-3)31-27(32)25(30)20-35-29(22-13-7-4-8-14-22,23-15-9-5-10-16-23)24-17-11-6-12-18-24/h4-18,21,25-26H,19-20,30H2,1-3H3,(H,31,32)/t25-,26-/m0/s1. The molecule has 0 bridgehead atoms. The van der Waals surface area contributed by atoms with E-state index >= 15 is 0 Å². The Bertz CT molecular complexity index is 978. The van der Waals surface area contributed by atoms with Gasteiger partial charge in [-0.3, -0.25) is 4.79 Å². The van der Waals surface area contributed by atoms with E-state index in [4.69, 9.17) is 10.5 Å². The van der Waals surface area contributed by atoms with Gasteiger partial charge < -0.3 is 15.8 Å². The smallest absolute Gasteiger partial charge is 0.328 e. The minimum Gasteiger partial charge on any atom is -0.467 e. The highest BCUT2D eigenvalue weighted by atomic mass is 32.2. The summed E-state index contributed by atoms with van der Waals surface area (Å²) in [5.74, 6) is -0.261. The lowest BCUT2D eigenvalue weighted by molar-refractivity contribution is -0.145. The number of thioether (sulfide) groups is 1. The van der Waals surface area contributed by atoms with Crippen LogP contribution >= 0.6 is 11.8 Å². The number of ether oxygens (including phenoxy) is 1. The second-order valence-corrected chi connectivity index (χ2v) is 10.1. The van der Waals surface area contributed by atoms with Gasteiger partial charge in [0.25, 0.3) is 0 Å². The number of carbonyl (C=O) groups is 2. The molecule has 0 aliphatic rings. The van der Waals surface area contributed by atoms with Crippen molar-refractivity contribution in [1.82, 2.24) is 5.32 Å². The lowest BCUT2D eigenvalue weighted by Gasteiger charge is -2.36. The minimum atomic E-state index is -0.810. The van der Waals surface area contributed by atoms with Crippen molar-refractivity contribution in [2.45, 2.75) is 37.1 Å². The van der Waals surface area contributed by atoms with Gasteiger partial charge in [0.05, 0.1) is 17.9 Å². The molecule has 0 aromatic heterocycles. The van der Waals surface area contributed by atoms with Crippen LogP contribution in [0, 0.1) is 5.92 Å². The number of hydrogen-bond donors (Lipinski definition) is 2. The van der Waals surface area contributed by atoms with E-state index in [0.717, 1.165) is 16.7 Å². The molecule has 0 fully saturated rings. The van der Waals surface area contributed by atoms with E-state index in [-0.39, 0.29) is 11.8 Å². The highest BCUT2D eigenvalue weighted by Gasteiger charge is 2.38. The number of nitrogens with one attached hydrogen (secondary N) is 1. The maximum Gasteiger partial charge on any atom is 0.328 e. The fourth-order valence-corrected chi connectivity index (χ4v) is 5.65. The van der Waals surface area contributed by atoms with Crippen molar-refractivity contribution < 1.29 is 14.3 Å². The summed E-state index contributed by atoms with van der Waals surface area (Å²) in [6, 6.07) is 29.2. The third-order valence-corrected chi connectivity index (χ3v) is 7.53. The maximum atomic E-state index is 13.0. The Morgan fingerprint density at radius 2 is 1.29 bits per heavy atom. The van der Waals surface area contributed by atoms with Crippen LogP contribution in [0.15, 0.2) is 91.0 Å². The fourth-order valence-electron chi connectivity index (χ4n) is 4.17. The molecule has 0 unspecified atom stereocenters. The Labute approximate surface area is 212 Å². The Kier molecular flexibility index (Phi) is 9.52. The van der Waals surface area contributed by atoms with Gasteiger partial charge in [-0.15, -0.1) is 11.8 Å². The van der Waals surface area contributed by atoms with E-state index < -0.39 is 22.8 Å². The van der Waals surface area contributed by atoms with Crippen molar-refractivity contribution in [3.8, 4) is 0 Å². The van der Waals surface area contributed by atoms with Gasteiger partial charge in [0, 0.05) is 5.75 Å². The SMILES string of the molecule is COC(=O)[C@H](CC(C)C)NC(=O)[C@@H](N)CSC(c1ccccc1)(c1ccccc1)c1ccccc1. The summed E-state index contributed by atoms with van der Waals surface area (Å²) >= 11 is 1.62. The van der Waals surface area contributed by atoms with Gasteiger partial charge in [0.2, 0.25) is 5.91 Å². The van der Waals surface area contributed by atoms with Gasteiger partial charge in [-0.25, -0.2) is 4.79 Å². The Balaban J connectivity index is 1.93. The summed E-state index contributed by atoms with van der Waals surface area (Å²) < 4.78 is 4.31. The zero-order valence-corrected chi connectivity index (χ0v) is 21.3. The van der Waals surface area contributed by atoms with Crippen LogP contribution in [0.4, 0.5) is 0 Å². The number of amides is 1. The summed E-state index contributed by atoms with van der Waals surface area (Å²) in [5.41, 5.74) is 9.69. The topological polar surface area (TPSA) is 81.4 Å². The molecule has 0 saturated carbocycles. The second kappa shape index (κ2) is 12.6. The average molecular weight is 491 g/mol. The van der Waals surface area contributed by atoms with E-state index in [1.54, 1.807) is 11.8 Å². The number of methoxy groups -OCH3 is 1. The van der Waals surface area contributed by atoms with E-state index in [9.17, 15) is 9.59 Å². The molecule has 3 aromatic carbocycles. The van der Waals surface area contributed by atoms with E-state index in [1.807, 2.05) is 68.4 Å². The Hall–Kier alpha value is -3.09. The number of hydrogen-bond acceptors (Lipinski definition) is 5. The van der Waals surface area contributed by atoms with Crippen LogP contribution in [0.2, 0.25) is 0 Å². The molecule has 0 heterocycles. The molecule has 0 saturated heterocycles. The number of nitrogens with two attached hydrogens (primary N) is 1.